The number of fused-ring (bicyclic) bond motifs is 1. The predicted molar refractivity (Wildman–Crippen MR) is 101 cm³/mol. The van der Waals surface area contributed by atoms with Gasteiger partial charge in [-0.15, -0.1) is 11.3 Å². The number of anilines is 1. The Labute approximate surface area is 151 Å². The van der Waals surface area contributed by atoms with Crippen LogP contribution in [0.15, 0.2) is 40.7 Å². The number of rotatable bonds is 4. The normalized spacial score (nSPS) is 17.3. The van der Waals surface area contributed by atoms with Crippen molar-refractivity contribution in [2.24, 2.45) is 16.6 Å². The van der Waals surface area contributed by atoms with Gasteiger partial charge in [0.15, 0.2) is 11.9 Å². The van der Waals surface area contributed by atoms with Crippen LogP contribution >= 0.6 is 11.3 Å². The van der Waals surface area contributed by atoms with Crippen LogP contribution < -0.4 is 10.6 Å². The van der Waals surface area contributed by atoms with E-state index < -0.39 is 6.17 Å². The van der Waals surface area contributed by atoms with Gasteiger partial charge in [-0.25, -0.2) is 0 Å². The Kier molecular flexibility index (Phi) is 4.83. The number of para-hydroxylation sites is 1. The van der Waals surface area contributed by atoms with Crippen LogP contribution in [-0.4, -0.2) is 23.6 Å². The van der Waals surface area contributed by atoms with E-state index in [0.29, 0.717) is 11.4 Å². The first-order valence-corrected chi connectivity index (χ1v) is 9.09. The van der Waals surface area contributed by atoms with Gasteiger partial charge in [-0.3, -0.25) is 14.6 Å². The Morgan fingerprint density at radius 3 is 2.72 bits per heavy atom. The maximum atomic E-state index is 12.9. The number of hydrogen-bond donors (Lipinski definition) is 1. The molecule has 6 heteroatoms. The number of ketones is 1. The third-order valence-corrected chi connectivity index (χ3v) is 5.27. The van der Waals surface area contributed by atoms with Crippen LogP contribution in [0, 0.1) is 5.92 Å². The van der Waals surface area contributed by atoms with Crippen LogP contribution in [0.2, 0.25) is 0 Å². The highest BCUT2D eigenvalue weighted by atomic mass is 32.1. The van der Waals surface area contributed by atoms with E-state index in [-0.39, 0.29) is 17.6 Å². The molecule has 1 aromatic heterocycles. The van der Waals surface area contributed by atoms with Crippen molar-refractivity contribution in [2.45, 2.75) is 33.5 Å². The Hall–Kier alpha value is -2.31. The smallest absolute Gasteiger partial charge is 0.266 e. The molecule has 0 spiro atoms. The fourth-order valence-corrected chi connectivity index (χ4v) is 3.86. The van der Waals surface area contributed by atoms with E-state index in [1.807, 2.05) is 49.6 Å². The number of amides is 1. The first-order valence-electron chi connectivity index (χ1n) is 8.21. The summed E-state index contributed by atoms with van der Waals surface area (Å²) in [7, 11) is 0. The monoisotopic (exact) mass is 355 g/mol. The second-order valence-corrected chi connectivity index (χ2v) is 7.30. The number of Topliss-reactive ketones (excluding diaryl/α,β-unsaturated/α-hetero) is 1. The Morgan fingerprint density at radius 2 is 2.04 bits per heavy atom. The SMILES string of the molecule is CC(=O)c1sccc1CN1C(=O)[C@@H](N)N=C(C(C)C)c2ccccc21. The number of nitrogens with two attached hydrogens (primary N) is 1. The third kappa shape index (κ3) is 3.27. The summed E-state index contributed by atoms with van der Waals surface area (Å²) in [5, 5.41) is 1.87. The molecule has 2 heterocycles. The minimum absolute atomic E-state index is 0.00368. The zero-order chi connectivity index (χ0) is 18.1. The number of nitrogens with zero attached hydrogens (tertiary/aromatic N) is 2. The molecule has 5 nitrogen and oxygen atoms in total. The van der Waals surface area contributed by atoms with Crippen molar-refractivity contribution in [1.29, 1.82) is 0 Å². The number of thiophene rings is 1. The molecule has 0 bridgehead atoms. The van der Waals surface area contributed by atoms with Crippen molar-refractivity contribution in [3.63, 3.8) is 0 Å². The first kappa shape index (κ1) is 17.5. The highest BCUT2D eigenvalue weighted by Gasteiger charge is 2.30. The molecule has 1 aliphatic heterocycles. The molecule has 0 saturated heterocycles. The molecule has 1 aromatic carbocycles. The van der Waals surface area contributed by atoms with Gasteiger partial charge >= 0.3 is 0 Å². The van der Waals surface area contributed by atoms with Crippen molar-refractivity contribution in [1.82, 2.24) is 0 Å². The molecule has 0 unspecified atom stereocenters. The van der Waals surface area contributed by atoms with E-state index in [9.17, 15) is 9.59 Å². The maximum Gasteiger partial charge on any atom is 0.266 e. The van der Waals surface area contributed by atoms with E-state index in [1.165, 1.54) is 11.3 Å². The second kappa shape index (κ2) is 6.90. The van der Waals surface area contributed by atoms with Crippen LogP contribution in [-0.2, 0) is 11.3 Å². The van der Waals surface area contributed by atoms with Gasteiger partial charge in [0.25, 0.3) is 5.91 Å². The van der Waals surface area contributed by atoms with Gasteiger partial charge in [-0.2, -0.15) is 0 Å². The minimum Gasteiger partial charge on any atom is -0.304 e. The highest BCUT2D eigenvalue weighted by molar-refractivity contribution is 7.12. The molecule has 0 saturated carbocycles. The number of benzene rings is 1. The number of carbonyl (C=O) groups is 2. The van der Waals surface area contributed by atoms with Crippen molar-refractivity contribution in [3.8, 4) is 0 Å². The van der Waals surface area contributed by atoms with Crippen molar-refractivity contribution in [3.05, 3.63) is 51.7 Å². The largest absolute Gasteiger partial charge is 0.304 e. The van der Waals surface area contributed by atoms with Crippen LogP contribution in [0.1, 0.15) is 41.6 Å². The molecular formula is C19H21N3O2S. The lowest BCUT2D eigenvalue weighted by atomic mass is 9.98. The molecule has 3 rings (SSSR count). The Morgan fingerprint density at radius 1 is 1.32 bits per heavy atom. The number of carbonyl (C=O) groups excluding carboxylic acids is 2. The molecule has 2 N–H and O–H groups in total. The van der Waals surface area contributed by atoms with Gasteiger partial charge in [-0.05, 0) is 35.9 Å². The summed E-state index contributed by atoms with van der Waals surface area (Å²) in [4.78, 5) is 31.5. The summed E-state index contributed by atoms with van der Waals surface area (Å²) in [6.07, 6.45) is -0.941. The Balaban J connectivity index is 2.09. The van der Waals surface area contributed by atoms with Crippen LogP contribution in [0.4, 0.5) is 5.69 Å². The summed E-state index contributed by atoms with van der Waals surface area (Å²) in [5.74, 6) is -0.110. The molecular weight excluding hydrogens is 334 g/mol. The molecule has 0 radical (unpaired) electrons. The maximum absolute atomic E-state index is 12.9. The van der Waals surface area contributed by atoms with Gasteiger partial charge in [0.05, 0.1) is 17.1 Å². The second-order valence-electron chi connectivity index (χ2n) is 6.39. The van der Waals surface area contributed by atoms with Gasteiger partial charge in [0.2, 0.25) is 0 Å². The highest BCUT2D eigenvalue weighted by Crippen LogP contribution is 2.30. The summed E-state index contributed by atoms with van der Waals surface area (Å²) in [6, 6.07) is 9.59. The number of hydrogen-bond acceptors (Lipinski definition) is 5. The van der Waals surface area contributed by atoms with Crippen molar-refractivity contribution < 1.29 is 9.59 Å². The lowest BCUT2D eigenvalue weighted by molar-refractivity contribution is -0.119. The fraction of sp³-hybridized carbons (Fsp3) is 0.316. The average molecular weight is 355 g/mol. The van der Waals surface area contributed by atoms with E-state index in [1.54, 1.807) is 11.8 Å². The van der Waals surface area contributed by atoms with Gasteiger partial charge in [0.1, 0.15) is 0 Å². The van der Waals surface area contributed by atoms with Crippen LogP contribution in [0.25, 0.3) is 0 Å². The summed E-state index contributed by atoms with van der Waals surface area (Å²) in [5.41, 5.74) is 9.42. The van der Waals surface area contributed by atoms with Crippen molar-refractivity contribution in [2.75, 3.05) is 4.90 Å². The predicted octanol–water partition coefficient (Wildman–Crippen LogP) is 3.23. The van der Waals surface area contributed by atoms with Gasteiger partial charge in [0, 0.05) is 11.3 Å². The molecule has 25 heavy (non-hydrogen) atoms. The molecule has 0 fully saturated rings. The van der Waals surface area contributed by atoms with Crippen molar-refractivity contribution >= 4 is 34.4 Å². The van der Waals surface area contributed by atoms with Crippen LogP contribution in [0.5, 0.6) is 0 Å². The number of aliphatic imine (C=N–C) groups is 1. The molecule has 1 aliphatic rings. The Bertz CT molecular complexity index is 854. The zero-order valence-electron chi connectivity index (χ0n) is 14.5. The summed E-state index contributed by atoms with van der Waals surface area (Å²) < 4.78 is 0. The molecule has 0 aliphatic carbocycles. The molecule has 2 aromatic rings. The molecule has 1 amide bonds. The number of benzodiazepines with no additional fused rings is 1. The lowest BCUT2D eigenvalue weighted by Gasteiger charge is -2.24. The van der Waals surface area contributed by atoms with Crippen LogP contribution in [0.3, 0.4) is 0 Å². The fourth-order valence-electron chi connectivity index (χ4n) is 3.04. The average Bonchev–Trinajstić information content (AvgIpc) is 3.01. The topological polar surface area (TPSA) is 75.8 Å². The third-order valence-electron chi connectivity index (χ3n) is 4.21. The minimum atomic E-state index is -0.941. The van der Waals surface area contributed by atoms with E-state index >= 15 is 0 Å². The lowest BCUT2D eigenvalue weighted by Crippen LogP contribution is -2.42. The first-order chi connectivity index (χ1) is 11.9. The van der Waals surface area contributed by atoms with E-state index in [4.69, 9.17) is 5.73 Å². The summed E-state index contributed by atoms with van der Waals surface area (Å²) in [6.45, 7) is 5.92. The van der Waals surface area contributed by atoms with E-state index in [0.717, 1.165) is 22.5 Å². The summed E-state index contributed by atoms with van der Waals surface area (Å²) >= 11 is 1.39. The van der Waals surface area contributed by atoms with Gasteiger partial charge in [-0.1, -0.05) is 32.0 Å². The molecule has 130 valence electrons. The van der Waals surface area contributed by atoms with Gasteiger partial charge < -0.3 is 10.6 Å². The quantitative estimate of drug-likeness (QED) is 0.856. The van der Waals surface area contributed by atoms with E-state index in [2.05, 4.69) is 4.99 Å². The molecule has 1 atom stereocenters. The zero-order valence-corrected chi connectivity index (χ0v) is 15.3. The standard InChI is InChI=1S/C19H21N3O2S/c1-11(2)16-14-6-4-5-7-15(14)22(19(24)18(20)21-16)10-13-8-9-25-17(13)12(3)23/h4-9,11,18H,10,20H2,1-3H3/t18-/m0/s1.